The van der Waals surface area contributed by atoms with Crippen LogP contribution in [0.2, 0.25) is 0 Å². The summed E-state index contributed by atoms with van der Waals surface area (Å²) in [5.74, 6) is 0.0381. The van der Waals surface area contributed by atoms with Crippen LogP contribution in [0.15, 0.2) is 24.3 Å². The highest BCUT2D eigenvalue weighted by Gasteiger charge is 2.37. The normalized spacial score (nSPS) is 22.7. The van der Waals surface area contributed by atoms with Crippen LogP contribution in [0.25, 0.3) is 0 Å². The fourth-order valence-corrected chi connectivity index (χ4v) is 3.13. The molecule has 2 saturated heterocycles. The maximum atomic E-state index is 12.5. The third kappa shape index (κ3) is 2.86. The molecule has 0 saturated carbocycles. The Hall–Kier alpha value is -2.04. The zero-order chi connectivity index (χ0) is 14.8. The van der Waals surface area contributed by atoms with E-state index in [0.717, 1.165) is 31.6 Å². The van der Waals surface area contributed by atoms with Crippen molar-refractivity contribution in [1.82, 2.24) is 4.90 Å². The summed E-state index contributed by atoms with van der Waals surface area (Å²) in [5.41, 5.74) is 0.742. The van der Waals surface area contributed by atoms with Crippen LogP contribution in [0.1, 0.15) is 25.7 Å². The number of aromatic hydroxyl groups is 1. The number of hydrogen-bond acceptors (Lipinski definition) is 3. The highest BCUT2D eigenvalue weighted by Crippen LogP contribution is 2.28. The van der Waals surface area contributed by atoms with Gasteiger partial charge in [0.2, 0.25) is 11.8 Å². The summed E-state index contributed by atoms with van der Waals surface area (Å²) < 4.78 is 0. The first kappa shape index (κ1) is 13.9. The van der Waals surface area contributed by atoms with E-state index in [-0.39, 0.29) is 29.9 Å². The number of rotatable bonds is 2. The van der Waals surface area contributed by atoms with Crippen molar-refractivity contribution >= 4 is 17.5 Å². The van der Waals surface area contributed by atoms with Gasteiger partial charge in [-0.2, -0.15) is 0 Å². The molecule has 0 spiro atoms. The van der Waals surface area contributed by atoms with E-state index in [0.29, 0.717) is 6.54 Å². The van der Waals surface area contributed by atoms with Gasteiger partial charge in [0.25, 0.3) is 0 Å². The minimum absolute atomic E-state index is 0.0175. The number of carbonyl (C=O) groups is 2. The molecular formula is C16H20N2O3. The molecule has 0 aromatic heterocycles. The van der Waals surface area contributed by atoms with Crippen molar-refractivity contribution < 1.29 is 14.7 Å². The van der Waals surface area contributed by atoms with Gasteiger partial charge in [-0.3, -0.25) is 9.59 Å². The lowest BCUT2D eigenvalue weighted by atomic mass is 10.0. The van der Waals surface area contributed by atoms with Crippen molar-refractivity contribution in [3.63, 3.8) is 0 Å². The van der Waals surface area contributed by atoms with Gasteiger partial charge in [0.05, 0.1) is 5.92 Å². The Balaban J connectivity index is 1.69. The molecule has 2 amide bonds. The maximum absolute atomic E-state index is 12.5. The molecule has 5 nitrogen and oxygen atoms in total. The molecule has 2 aliphatic heterocycles. The van der Waals surface area contributed by atoms with Gasteiger partial charge in [0, 0.05) is 31.7 Å². The summed E-state index contributed by atoms with van der Waals surface area (Å²) in [6.07, 6.45) is 3.60. The lowest BCUT2D eigenvalue weighted by Gasteiger charge is -2.29. The molecule has 21 heavy (non-hydrogen) atoms. The molecule has 1 aromatic rings. The Morgan fingerprint density at radius 3 is 2.43 bits per heavy atom. The molecule has 0 aliphatic carbocycles. The molecular weight excluding hydrogens is 268 g/mol. The summed E-state index contributed by atoms with van der Waals surface area (Å²) in [6.45, 7) is 2.09. The highest BCUT2D eigenvalue weighted by atomic mass is 16.3. The number of hydrogen-bond donors (Lipinski definition) is 1. The lowest BCUT2D eigenvalue weighted by Crippen LogP contribution is -2.40. The zero-order valence-corrected chi connectivity index (χ0v) is 12.0. The molecule has 2 fully saturated rings. The Labute approximate surface area is 124 Å². The SMILES string of the molecule is O=C(C1CC(=O)N(c2ccc(O)cc2)C1)N1CCCCC1. The second kappa shape index (κ2) is 5.76. The zero-order valence-electron chi connectivity index (χ0n) is 12.0. The van der Waals surface area contributed by atoms with E-state index < -0.39 is 0 Å². The molecule has 5 heteroatoms. The molecule has 1 atom stereocenters. The number of likely N-dealkylation sites (tertiary alicyclic amines) is 1. The van der Waals surface area contributed by atoms with Crippen LogP contribution in [0.3, 0.4) is 0 Å². The average Bonchev–Trinajstić information content (AvgIpc) is 2.90. The third-order valence-electron chi connectivity index (χ3n) is 4.30. The Bertz CT molecular complexity index is 535. The number of amides is 2. The third-order valence-corrected chi connectivity index (χ3v) is 4.30. The highest BCUT2D eigenvalue weighted by molar-refractivity contribution is 6.00. The van der Waals surface area contributed by atoms with E-state index >= 15 is 0 Å². The summed E-state index contributed by atoms with van der Waals surface area (Å²) >= 11 is 0. The van der Waals surface area contributed by atoms with Crippen molar-refractivity contribution in [3.05, 3.63) is 24.3 Å². The summed E-state index contributed by atoms with van der Waals surface area (Å²) in [6, 6.07) is 6.53. The van der Waals surface area contributed by atoms with Crippen molar-refractivity contribution in [2.24, 2.45) is 5.92 Å². The number of nitrogens with zero attached hydrogens (tertiary/aromatic N) is 2. The lowest BCUT2D eigenvalue weighted by molar-refractivity contribution is -0.136. The van der Waals surface area contributed by atoms with Gasteiger partial charge in [-0.05, 0) is 43.5 Å². The average molecular weight is 288 g/mol. The number of phenolic OH excluding ortho intramolecular Hbond substituents is 1. The standard InChI is InChI=1S/C16H20N2O3/c19-14-6-4-13(5-7-14)18-11-12(10-15(18)20)16(21)17-8-2-1-3-9-17/h4-7,12,19H,1-3,8-11H2. The molecule has 112 valence electrons. The van der Waals surface area contributed by atoms with Gasteiger partial charge in [0.1, 0.15) is 5.75 Å². The molecule has 0 radical (unpaired) electrons. The number of piperidine rings is 1. The van der Waals surface area contributed by atoms with Gasteiger partial charge in [-0.25, -0.2) is 0 Å². The predicted octanol–water partition coefficient (Wildman–Crippen LogP) is 1.76. The summed E-state index contributed by atoms with van der Waals surface area (Å²) in [7, 11) is 0. The minimum Gasteiger partial charge on any atom is -0.508 e. The minimum atomic E-state index is -0.232. The Morgan fingerprint density at radius 2 is 1.76 bits per heavy atom. The van der Waals surface area contributed by atoms with E-state index in [9.17, 15) is 14.7 Å². The van der Waals surface area contributed by atoms with Crippen LogP contribution in [0.5, 0.6) is 5.75 Å². The monoisotopic (exact) mass is 288 g/mol. The number of phenols is 1. The topological polar surface area (TPSA) is 60.9 Å². The fraction of sp³-hybridized carbons (Fsp3) is 0.500. The molecule has 1 aromatic carbocycles. The van der Waals surface area contributed by atoms with Gasteiger partial charge in [-0.15, -0.1) is 0 Å². The maximum Gasteiger partial charge on any atom is 0.228 e. The number of anilines is 1. The fourth-order valence-electron chi connectivity index (χ4n) is 3.13. The van der Waals surface area contributed by atoms with E-state index in [1.54, 1.807) is 29.2 Å². The quantitative estimate of drug-likeness (QED) is 0.902. The predicted molar refractivity (Wildman–Crippen MR) is 79.0 cm³/mol. The molecule has 0 bridgehead atoms. The van der Waals surface area contributed by atoms with Gasteiger partial charge >= 0.3 is 0 Å². The largest absolute Gasteiger partial charge is 0.508 e. The first-order valence-electron chi connectivity index (χ1n) is 7.53. The molecule has 1 unspecified atom stereocenters. The number of benzene rings is 1. The second-order valence-electron chi connectivity index (χ2n) is 5.81. The van der Waals surface area contributed by atoms with Crippen LogP contribution < -0.4 is 4.90 Å². The summed E-state index contributed by atoms with van der Waals surface area (Å²) in [5, 5.41) is 9.31. The van der Waals surface area contributed by atoms with Crippen molar-refractivity contribution in [3.8, 4) is 5.75 Å². The first-order valence-corrected chi connectivity index (χ1v) is 7.53. The van der Waals surface area contributed by atoms with Crippen LogP contribution >= 0.6 is 0 Å². The number of carbonyl (C=O) groups excluding carboxylic acids is 2. The van der Waals surface area contributed by atoms with Gasteiger partial charge < -0.3 is 14.9 Å². The van der Waals surface area contributed by atoms with Gasteiger partial charge in [0.15, 0.2) is 0 Å². The van der Waals surface area contributed by atoms with E-state index in [1.807, 2.05) is 4.90 Å². The summed E-state index contributed by atoms with van der Waals surface area (Å²) in [4.78, 5) is 28.2. The second-order valence-corrected chi connectivity index (χ2v) is 5.81. The Morgan fingerprint density at radius 1 is 1.10 bits per heavy atom. The van der Waals surface area contributed by atoms with E-state index in [1.165, 1.54) is 6.42 Å². The van der Waals surface area contributed by atoms with Crippen molar-refractivity contribution in [1.29, 1.82) is 0 Å². The van der Waals surface area contributed by atoms with Crippen molar-refractivity contribution in [2.75, 3.05) is 24.5 Å². The molecule has 3 rings (SSSR count). The van der Waals surface area contributed by atoms with E-state index in [4.69, 9.17) is 0 Å². The van der Waals surface area contributed by atoms with E-state index in [2.05, 4.69) is 0 Å². The van der Waals surface area contributed by atoms with Crippen LogP contribution in [-0.4, -0.2) is 41.5 Å². The van der Waals surface area contributed by atoms with Gasteiger partial charge in [-0.1, -0.05) is 0 Å². The Kier molecular flexibility index (Phi) is 3.82. The van der Waals surface area contributed by atoms with Crippen LogP contribution in [-0.2, 0) is 9.59 Å². The smallest absolute Gasteiger partial charge is 0.228 e. The van der Waals surface area contributed by atoms with Crippen molar-refractivity contribution in [2.45, 2.75) is 25.7 Å². The molecule has 2 heterocycles. The van der Waals surface area contributed by atoms with Crippen LogP contribution in [0.4, 0.5) is 5.69 Å². The van der Waals surface area contributed by atoms with Crippen LogP contribution in [0, 0.1) is 5.92 Å². The molecule has 2 aliphatic rings. The first-order chi connectivity index (χ1) is 10.1. The molecule has 1 N–H and O–H groups in total.